The van der Waals surface area contributed by atoms with Crippen LogP contribution in [0.5, 0.6) is 5.75 Å². The molecule has 0 saturated carbocycles. The van der Waals surface area contributed by atoms with Crippen LogP contribution in [0.4, 0.5) is 4.39 Å². The fourth-order valence-corrected chi connectivity index (χ4v) is 3.73. The predicted octanol–water partition coefficient (Wildman–Crippen LogP) is 4.27. The zero-order valence-corrected chi connectivity index (χ0v) is 13.7. The topological polar surface area (TPSA) is 29.5 Å². The second-order valence-corrected chi connectivity index (χ2v) is 6.41. The lowest BCUT2D eigenvalue weighted by molar-refractivity contribution is -0.126. The molecule has 120 valence electrons. The van der Waals surface area contributed by atoms with Gasteiger partial charge in [0.25, 0.3) is 0 Å². The standard InChI is InChI=1S/C18H18FNO2S/c1-22-16-8-6-13(12-14(16)19)7-9-18(21)20-10-2-4-15(20)17-5-3-11-23-17/h3,5-9,11-12,15H,2,4,10H2,1H3. The van der Waals surface area contributed by atoms with Crippen molar-refractivity contribution in [2.24, 2.45) is 0 Å². The van der Waals surface area contributed by atoms with Gasteiger partial charge >= 0.3 is 0 Å². The maximum atomic E-state index is 13.7. The van der Waals surface area contributed by atoms with Gasteiger partial charge in [-0.15, -0.1) is 11.3 Å². The van der Waals surface area contributed by atoms with Crippen LogP contribution >= 0.6 is 11.3 Å². The molecule has 3 nitrogen and oxygen atoms in total. The molecule has 1 aromatic carbocycles. The number of thiophene rings is 1. The number of carbonyl (C=O) groups excluding carboxylic acids is 1. The molecule has 1 saturated heterocycles. The van der Waals surface area contributed by atoms with Gasteiger partial charge in [-0.3, -0.25) is 4.79 Å². The number of likely N-dealkylation sites (tertiary alicyclic amines) is 1. The van der Waals surface area contributed by atoms with Gasteiger partial charge < -0.3 is 9.64 Å². The second-order valence-electron chi connectivity index (χ2n) is 5.43. The fraction of sp³-hybridized carbons (Fsp3) is 0.278. The Balaban J connectivity index is 1.72. The van der Waals surface area contributed by atoms with Crippen LogP contribution in [0.1, 0.15) is 29.3 Å². The van der Waals surface area contributed by atoms with Crippen LogP contribution in [-0.4, -0.2) is 24.5 Å². The number of ether oxygens (including phenoxy) is 1. The Hall–Kier alpha value is -2.14. The summed E-state index contributed by atoms with van der Waals surface area (Å²) in [7, 11) is 1.43. The van der Waals surface area contributed by atoms with Crippen LogP contribution in [0, 0.1) is 5.82 Å². The summed E-state index contributed by atoms with van der Waals surface area (Å²) in [5, 5.41) is 2.03. The van der Waals surface area contributed by atoms with E-state index in [1.165, 1.54) is 24.1 Å². The Labute approximate surface area is 139 Å². The summed E-state index contributed by atoms with van der Waals surface area (Å²) in [6.45, 7) is 0.767. The first-order chi connectivity index (χ1) is 11.2. The van der Waals surface area contributed by atoms with Gasteiger partial charge in [0.05, 0.1) is 13.2 Å². The first-order valence-electron chi connectivity index (χ1n) is 7.54. The molecule has 1 unspecified atom stereocenters. The Morgan fingerprint density at radius 3 is 3.00 bits per heavy atom. The first-order valence-corrected chi connectivity index (χ1v) is 8.42. The van der Waals surface area contributed by atoms with Crippen molar-refractivity contribution >= 4 is 23.3 Å². The van der Waals surface area contributed by atoms with Crippen LogP contribution in [0.15, 0.2) is 41.8 Å². The lowest BCUT2D eigenvalue weighted by atomic mass is 10.1. The van der Waals surface area contributed by atoms with E-state index in [4.69, 9.17) is 4.74 Å². The van der Waals surface area contributed by atoms with Crippen molar-refractivity contribution in [1.29, 1.82) is 0 Å². The molecule has 1 amide bonds. The summed E-state index contributed by atoms with van der Waals surface area (Å²) in [5.41, 5.74) is 0.642. The molecule has 1 fully saturated rings. The second kappa shape index (κ2) is 6.96. The van der Waals surface area contributed by atoms with Gasteiger partial charge in [-0.25, -0.2) is 4.39 Å². The van der Waals surface area contributed by atoms with Crippen LogP contribution in [0.25, 0.3) is 6.08 Å². The van der Waals surface area contributed by atoms with Crippen molar-refractivity contribution in [1.82, 2.24) is 4.90 Å². The molecule has 0 radical (unpaired) electrons. The highest BCUT2D eigenvalue weighted by atomic mass is 32.1. The molecule has 23 heavy (non-hydrogen) atoms. The van der Waals surface area contributed by atoms with E-state index in [0.29, 0.717) is 5.56 Å². The van der Waals surface area contributed by atoms with Crippen LogP contribution in [0.2, 0.25) is 0 Å². The lowest BCUT2D eigenvalue weighted by Gasteiger charge is -2.22. The third-order valence-electron chi connectivity index (χ3n) is 4.00. The minimum atomic E-state index is -0.431. The predicted molar refractivity (Wildman–Crippen MR) is 90.0 cm³/mol. The molecule has 1 aliphatic heterocycles. The number of nitrogens with zero attached hydrogens (tertiary/aromatic N) is 1. The van der Waals surface area contributed by atoms with Gasteiger partial charge in [0.2, 0.25) is 5.91 Å². The van der Waals surface area contributed by atoms with Gasteiger partial charge in [0.15, 0.2) is 11.6 Å². The molecule has 0 spiro atoms. The van der Waals surface area contributed by atoms with Crippen molar-refractivity contribution < 1.29 is 13.9 Å². The first kappa shape index (κ1) is 15.7. The maximum Gasteiger partial charge on any atom is 0.247 e. The maximum absolute atomic E-state index is 13.7. The quantitative estimate of drug-likeness (QED) is 0.783. The van der Waals surface area contributed by atoms with Gasteiger partial charge in [0, 0.05) is 17.5 Å². The number of carbonyl (C=O) groups is 1. The van der Waals surface area contributed by atoms with E-state index in [9.17, 15) is 9.18 Å². The molecule has 1 aromatic heterocycles. The van der Waals surface area contributed by atoms with E-state index in [1.807, 2.05) is 16.3 Å². The lowest BCUT2D eigenvalue weighted by Crippen LogP contribution is -2.28. The number of hydrogen-bond acceptors (Lipinski definition) is 3. The summed E-state index contributed by atoms with van der Waals surface area (Å²) in [4.78, 5) is 15.6. The summed E-state index contributed by atoms with van der Waals surface area (Å²) in [6, 6.07) is 8.90. The van der Waals surface area contributed by atoms with Gasteiger partial charge in [-0.05, 0) is 48.1 Å². The molecule has 0 N–H and O–H groups in total. The van der Waals surface area contributed by atoms with Crippen LogP contribution in [-0.2, 0) is 4.79 Å². The van der Waals surface area contributed by atoms with Crippen molar-refractivity contribution in [3.05, 3.63) is 58.0 Å². The number of amides is 1. The molecule has 0 bridgehead atoms. The Kier molecular flexibility index (Phi) is 4.76. The third kappa shape index (κ3) is 3.45. The van der Waals surface area contributed by atoms with Crippen LogP contribution < -0.4 is 4.74 Å². The molecule has 0 aliphatic carbocycles. The van der Waals surface area contributed by atoms with E-state index in [-0.39, 0.29) is 17.7 Å². The van der Waals surface area contributed by atoms with Gasteiger partial charge in [-0.2, -0.15) is 0 Å². The van der Waals surface area contributed by atoms with Crippen molar-refractivity contribution in [2.45, 2.75) is 18.9 Å². The minimum Gasteiger partial charge on any atom is -0.494 e. The van der Waals surface area contributed by atoms with E-state index in [2.05, 4.69) is 6.07 Å². The summed E-state index contributed by atoms with van der Waals surface area (Å²) in [5.74, 6) is -0.261. The highest BCUT2D eigenvalue weighted by molar-refractivity contribution is 7.10. The smallest absolute Gasteiger partial charge is 0.247 e. The van der Waals surface area contributed by atoms with E-state index < -0.39 is 5.82 Å². The highest BCUT2D eigenvalue weighted by Crippen LogP contribution is 2.34. The molecular weight excluding hydrogens is 313 g/mol. The number of halogens is 1. The Bertz CT molecular complexity index is 712. The van der Waals surface area contributed by atoms with E-state index in [1.54, 1.807) is 29.5 Å². The molecule has 2 aromatic rings. The molecule has 3 rings (SSSR count). The van der Waals surface area contributed by atoms with Crippen LogP contribution in [0.3, 0.4) is 0 Å². The number of rotatable bonds is 4. The average Bonchev–Trinajstić information content (AvgIpc) is 3.23. The Morgan fingerprint density at radius 1 is 1.43 bits per heavy atom. The zero-order valence-electron chi connectivity index (χ0n) is 12.9. The third-order valence-corrected chi connectivity index (χ3v) is 4.98. The number of hydrogen-bond donors (Lipinski definition) is 0. The summed E-state index contributed by atoms with van der Waals surface area (Å²) >= 11 is 1.68. The minimum absolute atomic E-state index is 0.0304. The summed E-state index contributed by atoms with van der Waals surface area (Å²) in [6.07, 6.45) is 5.18. The molecule has 2 heterocycles. The normalized spacial score (nSPS) is 17.8. The molecule has 1 atom stereocenters. The number of benzene rings is 1. The highest BCUT2D eigenvalue weighted by Gasteiger charge is 2.29. The van der Waals surface area contributed by atoms with Gasteiger partial charge in [-0.1, -0.05) is 12.1 Å². The summed E-state index contributed by atoms with van der Waals surface area (Å²) < 4.78 is 18.6. The SMILES string of the molecule is COc1ccc(C=CC(=O)N2CCCC2c2cccs2)cc1F. The van der Waals surface area contributed by atoms with E-state index >= 15 is 0 Å². The fourth-order valence-electron chi connectivity index (χ4n) is 2.86. The molecular formula is C18H18FNO2S. The largest absolute Gasteiger partial charge is 0.494 e. The van der Waals surface area contributed by atoms with E-state index in [0.717, 1.165) is 19.4 Å². The monoisotopic (exact) mass is 331 g/mol. The number of methoxy groups -OCH3 is 1. The Morgan fingerprint density at radius 2 is 2.30 bits per heavy atom. The average molecular weight is 331 g/mol. The molecule has 1 aliphatic rings. The van der Waals surface area contributed by atoms with Crippen molar-refractivity contribution in [2.75, 3.05) is 13.7 Å². The van der Waals surface area contributed by atoms with Crippen molar-refractivity contribution in [3.8, 4) is 5.75 Å². The van der Waals surface area contributed by atoms with Crippen molar-refractivity contribution in [3.63, 3.8) is 0 Å². The molecule has 5 heteroatoms. The zero-order chi connectivity index (χ0) is 16.2. The van der Waals surface area contributed by atoms with Gasteiger partial charge in [0.1, 0.15) is 0 Å².